The third-order valence-electron chi connectivity index (χ3n) is 15.1. The van der Waals surface area contributed by atoms with Crippen molar-refractivity contribution >= 4 is 11.6 Å². The first-order chi connectivity index (χ1) is 37.4. The number of carbonyl (C=O) groups is 2. The van der Waals surface area contributed by atoms with Crippen molar-refractivity contribution in [2.24, 2.45) is 0 Å². The number of aromatic nitrogens is 6. The molecule has 5 N–H and O–H groups in total. The van der Waals surface area contributed by atoms with E-state index < -0.39 is 117 Å². The van der Waals surface area contributed by atoms with Crippen LogP contribution in [0.3, 0.4) is 0 Å². The van der Waals surface area contributed by atoms with Crippen molar-refractivity contribution in [3.05, 3.63) is 175 Å². The number of ketones is 2. The van der Waals surface area contributed by atoms with Crippen molar-refractivity contribution < 1.29 is 82.0 Å². The molecular weight excluding hydrogens is 1090 g/mol. The zero-order valence-electron chi connectivity index (χ0n) is 42.5. The first kappa shape index (κ1) is 60.7. The monoisotopic (exact) mass is 1140 g/mol. The average molecular weight is 1140 g/mol. The fourth-order valence-electron chi connectivity index (χ4n) is 10.4. The van der Waals surface area contributed by atoms with Crippen LogP contribution in [0.5, 0.6) is 0 Å². The van der Waals surface area contributed by atoms with E-state index in [-0.39, 0.29) is 81.5 Å². The first-order valence-corrected chi connectivity index (χ1v) is 24.7. The van der Waals surface area contributed by atoms with Crippen LogP contribution in [0.25, 0.3) is 0 Å². The molecule has 1 aliphatic heterocycles. The smallest absolute Gasteiger partial charge is 0.388 e. The van der Waals surface area contributed by atoms with Gasteiger partial charge in [0.1, 0.15) is 36.9 Å². The average Bonchev–Trinajstić information content (AvgIpc) is 4.08. The second-order valence-electron chi connectivity index (χ2n) is 19.8. The van der Waals surface area contributed by atoms with Crippen LogP contribution in [-0.2, 0) is 65.8 Å². The number of carbonyl (C=O) groups excluding carboxylic acids is 2. The number of Topliss-reactive ketones (excluding diaryl/α,β-unsaturated/α-hetero) is 2. The van der Waals surface area contributed by atoms with E-state index in [4.69, 9.17) is 9.47 Å². The summed E-state index contributed by atoms with van der Waals surface area (Å²) < 4.78 is 175. The number of alkyl halides is 12. The lowest BCUT2D eigenvalue weighted by atomic mass is 9.63. The molecule has 6 aromatic rings. The second-order valence-corrected chi connectivity index (χ2v) is 19.8. The van der Waals surface area contributed by atoms with E-state index in [0.29, 0.717) is 29.8 Å². The Hall–Kier alpha value is -6.94. The molecule has 80 heavy (non-hydrogen) atoms. The number of hydrogen-bond donors (Lipinski definition) is 5. The SMILES string of the molecule is C[C@@H](OCC1(c2ccccc2)CCC(C(=O)CO)(n2cn[nH]c2=O)CC1)c1cc(C(F)(F)F)cc(C(F)(F)F)c1.C[C@@H](OC[C@@]1(c2ccccc2)CC[C@](C(=O)CO)(n2cn[nH]c2=O)CN1)c1cc(C(F)(F)F)cc(C(F)(F)F)c1. The number of aromatic amines is 2. The summed E-state index contributed by atoms with van der Waals surface area (Å²) in [5.74, 6) is -1.21. The topological polar surface area (TPSA) is 206 Å². The Morgan fingerprint density at radius 3 is 1.29 bits per heavy atom. The first-order valence-electron chi connectivity index (χ1n) is 24.7. The van der Waals surface area contributed by atoms with Gasteiger partial charge in [0.05, 0.1) is 53.2 Å². The van der Waals surface area contributed by atoms with Gasteiger partial charge in [0.2, 0.25) is 0 Å². The molecule has 0 unspecified atom stereocenters. The van der Waals surface area contributed by atoms with Crippen molar-refractivity contribution in [3.8, 4) is 0 Å². The van der Waals surface area contributed by atoms with Gasteiger partial charge >= 0.3 is 36.1 Å². The third-order valence-corrected chi connectivity index (χ3v) is 15.1. The summed E-state index contributed by atoms with van der Waals surface area (Å²) in [5, 5.41) is 34.4. The number of nitrogens with zero attached hydrogens (tertiary/aromatic N) is 4. The normalized spacial score (nSPS) is 22.7. The van der Waals surface area contributed by atoms with Crippen LogP contribution in [0.2, 0.25) is 0 Å². The lowest BCUT2D eigenvalue weighted by Crippen LogP contribution is -2.63. The highest BCUT2D eigenvalue weighted by molar-refractivity contribution is 5.88. The number of ether oxygens (including phenoxy) is 2. The van der Waals surface area contributed by atoms with Gasteiger partial charge in [-0.1, -0.05) is 60.7 Å². The third kappa shape index (κ3) is 12.8. The number of nitrogens with one attached hydrogen (secondary N) is 3. The van der Waals surface area contributed by atoms with Gasteiger partial charge < -0.3 is 25.0 Å². The fraction of sp³-hybridized carbons (Fsp3) is 0.434. The summed E-state index contributed by atoms with van der Waals surface area (Å²) >= 11 is 0. The van der Waals surface area contributed by atoms with Gasteiger partial charge in [0.25, 0.3) is 0 Å². The zero-order valence-corrected chi connectivity index (χ0v) is 42.5. The van der Waals surface area contributed by atoms with E-state index in [2.05, 4.69) is 25.7 Å². The summed E-state index contributed by atoms with van der Waals surface area (Å²) in [6, 6.07) is 20.4. The molecule has 1 aliphatic carbocycles. The Bertz CT molecular complexity index is 2930. The minimum Gasteiger partial charge on any atom is -0.388 e. The summed E-state index contributed by atoms with van der Waals surface area (Å²) in [6.45, 7) is 0.658. The molecule has 1 saturated heterocycles. The number of hydrogen-bond acceptors (Lipinski definition) is 11. The highest BCUT2D eigenvalue weighted by Gasteiger charge is 2.52. The number of aliphatic hydroxyl groups excluding tert-OH is 2. The molecule has 0 bridgehead atoms. The summed E-state index contributed by atoms with van der Waals surface area (Å²) in [4.78, 5) is 50.5. The van der Waals surface area contributed by atoms with Gasteiger partial charge in [-0.3, -0.25) is 18.7 Å². The van der Waals surface area contributed by atoms with E-state index in [1.54, 1.807) is 48.5 Å². The Kier molecular flexibility index (Phi) is 17.7. The van der Waals surface area contributed by atoms with Crippen molar-refractivity contribution in [2.45, 2.75) is 111 Å². The van der Waals surface area contributed by atoms with Gasteiger partial charge in [-0.15, -0.1) is 0 Å². The van der Waals surface area contributed by atoms with E-state index in [1.807, 2.05) is 12.1 Å². The maximum Gasteiger partial charge on any atom is 0.416 e. The molecule has 4 atom stereocenters. The van der Waals surface area contributed by atoms with Gasteiger partial charge in [0.15, 0.2) is 11.6 Å². The van der Waals surface area contributed by atoms with Gasteiger partial charge in [-0.25, -0.2) is 19.8 Å². The summed E-state index contributed by atoms with van der Waals surface area (Å²) in [5.41, 5.74) is -10.8. The molecule has 4 aromatic carbocycles. The van der Waals surface area contributed by atoms with E-state index in [1.165, 1.54) is 20.2 Å². The molecule has 2 fully saturated rings. The van der Waals surface area contributed by atoms with Crippen molar-refractivity contribution in [1.29, 1.82) is 0 Å². The minimum atomic E-state index is -5.00. The molecule has 3 heterocycles. The number of H-pyrrole nitrogens is 2. The maximum atomic E-state index is 13.4. The number of piperidine rings is 1. The molecule has 2 aromatic heterocycles. The lowest BCUT2D eigenvalue weighted by molar-refractivity contribution is -0.145. The predicted molar refractivity (Wildman–Crippen MR) is 259 cm³/mol. The van der Waals surface area contributed by atoms with E-state index in [0.717, 1.165) is 21.0 Å². The van der Waals surface area contributed by atoms with Crippen LogP contribution in [0, 0.1) is 0 Å². The molecule has 8 rings (SSSR count). The predicted octanol–water partition coefficient (Wildman–Crippen LogP) is 9.08. The van der Waals surface area contributed by atoms with Crippen molar-refractivity contribution in [2.75, 3.05) is 33.0 Å². The fourth-order valence-corrected chi connectivity index (χ4v) is 10.4. The Morgan fingerprint density at radius 1 is 0.550 bits per heavy atom. The quantitative estimate of drug-likeness (QED) is 0.0578. The summed E-state index contributed by atoms with van der Waals surface area (Å²) in [6.07, 6.45) is -19.0. The minimum absolute atomic E-state index is 0.0489. The molecule has 0 spiro atoms. The number of aliphatic hydroxyl groups is 2. The highest BCUT2D eigenvalue weighted by Crippen LogP contribution is 2.48. The number of rotatable bonds is 16. The second kappa shape index (κ2) is 23.3. The zero-order chi connectivity index (χ0) is 58.7. The molecule has 1 saturated carbocycles. The highest BCUT2D eigenvalue weighted by atomic mass is 19.4. The Morgan fingerprint density at radius 2 is 0.925 bits per heavy atom. The number of halogens is 12. The molecule has 0 radical (unpaired) electrons. The van der Waals surface area contributed by atoms with Crippen LogP contribution < -0.4 is 16.7 Å². The van der Waals surface area contributed by atoms with Crippen molar-refractivity contribution in [3.63, 3.8) is 0 Å². The Labute approximate surface area is 446 Å². The van der Waals surface area contributed by atoms with Gasteiger partial charge in [0, 0.05) is 12.0 Å². The molecular formula is C53H53F12N7O8. The molecule has 2 aliphatic rings. The molecule has 27 heteroatoms. The molecule has 15 nitrogen and oxygen atoms in total. The van der Waals surface area contributed by atoms with Crippen LogP contribution in [0.4, 0.5) is 52.7 Å². The van der Waals surface area contributed by atoms with Crippen LogP contribution in [0.1, 0.15) is 109 Å². The molecule has 0 amide bonds. The largest absolute Gasteiger partial charge is 0.416 e. The summed E-state index contributed by atoms with van der Waals surface area (Å²) in [7, 11) is 0. The number of benzene rings is 4. The van der Waals surface area contributed by atoms with Crippen molar-refractivity contribution in [1.82, 2.24) is 34.8 Å². The van der Waals surface area contributed by atoms with E-state index >= 15 is 0 Å². The Balaban J connectivity index is 0.000000231. The van der Waals surface area contributed by atoms with E-state index in [9.17, 15) is 82.1 Å². The van der Waals surface area contributed by atoms with Crippen LogP contribution in [0.15, 0.2) is 119 Å². The van der Waals surface area contributed by atoms with Crippen LogP contribution >= 0.6 is 0 Å². The lowest BCUT2D eigenvalue weighted by Gasteiger charge is -2.47. The molecule has 432 valence electrons. The maximum absolute atomic E-state index is 13.4. The van der Waals surface area contributed by atoms with Crippen LogP contribution in [-0.4, -0.2) is 84.3 Å². The van der Waals surface area contributed by atoms with Gasteiger partial charge in [-0.05, 0) is 111 Å². The van der Waals surface area contributed by atoms with Gasteiger partial charge in [-0.2, -0.15) is 62.9 Å². The standard InChI is InChI=1S/C27H27F6N3O4.C26H26F6N4O4/c1-17(18-11-20(26(28,29)30)13-21(12-18)27(31,32)33)40-15-24(19-5-3-2-4-6-19)7-9-25(10-8-24,22(38)14-37)36-16-34-35-23(36)39;1-16(17-9-19(25(27,28)29)11-20(10-17)26(30,31)32)40-14-23(18-5-3-2-4-6-18)7-8-24(13-33-23,21(38)12-37)36-15-34-35-22(36)39/h2-6,11-13,16-17,37H,7-10,14-15H2,1H3,(H,35,39);2-6,9-11,15-16,33,37H,7-8,12-14H2,1H3,(H,35,39)/t17-,24?,25?;16-,23-,24+/m11/s1.